The molecule has 0 unspecified atom stereocenters. The summed E-state index contributed by atoms with van der Waals surface area (Å²) in [5, 5.41) is 14.3. The van der Waals surface area contributed by atoms with Crippen LogP contribution < -0.4 is 5.32 Å². The van der Waals surface area contributed by atoms with Crippen molar-refractivity contribution >= 4 is 11.4 Å². The molecule has 6 nitrogen and oxygen atoms in total. The highest BCUT2D eigenvalue weighted by Crippen LogP contribution is 2.41. The van der Waals surface area contributed by atoms with Gasteiger partial charge in [-0.25, -0.2) is 0 Å². The van der Waals surface area contributed by atoms with Crippen molar-refractivity contribution in [2.45, 2.75) is 25.7 Å². The maximum Gasteiger partial charge on any atom is 0.269 e. The second-order valence-electron chi connectivity index (χ2n) is 6.77. The Balaban J connectivity index is 1.71. The molecule has 2 aromatic carbocycles. The number of hydrogen-bond acceptors (Lipinski definition) is 4. The lowest BCUT2D eigenvalue weighted by molar-refractivity contribution is -0.384. The van der Waals surface area contributed by atoms with Gasteiger partial charge in [0.1, 0.15) is 0 Å². The van der Waals surface area contributed by atoms with Crippen molar-refractivity contribution in [2.75, 3.05) is 5.32 Å². The molecule has 3 aromatic rings. The number of nitro groups is 1. The van der Waals surface area contributed by atoms with E-state index in [4.69, 9.17) is 4.74 Å². The molecule has 0 saturated heterocycles. The summed E-state index contributed by atoms with van der Waals surface area (Å²) < 4.78 is 8.31. The molecule has 0 bridgehead atoms. The van der Waals surface area contributed by atoms with Gasteiger partial charge >= 0.3 is 0 Å². The quantitative estimate of drug-likeness (QED) is 0.547. The van der Waals surface area contributed by atoms with Crippen LogP contribution in [-0.4, -0.2) is 9.49 Å². The molecular weight excluding hydrogens is 330 g/mol. The van der Waals surface area contributed by atoms with E-state index in [1.54, 1.807) is 12.1 Å². The van der Waals surface area contributed by atoms with Gasteiger partial charge in [0.25, 0.3) is 5.69 Å². The third kappa shape index (κ3) is 2.74. The Labute approximate surface area is 151 Å². The lowest BCUT2D eigenvalue weighted by atomic mass is 9.94. The number of rotatable bonds is 3. The molecule has 1 aromatic heterocycles. The summed E-state index contributed by atoms with van der Waals surface area (Å²) in [6, 6.07) is 18.5. The van der Waals surface area contributed by atoms with Crippen LogP contribution in [0.15, 0.2) is 66.9 Å². The van der Waals surface area contributed by atoms with E-state index >= 15 is 0 Å². The van der Waals surface area contributed by atoms with Crippen LogP contribution >= 0.6 is 0 Å². The number of non-ortho nitro benzene ring substituents is 1. The fraction of sp³-hybridized carbons (Fsp3) is 0.200. The Morgan fingerprint density at radius 2 is 1.81 bits per heavy atom. The Bertz CT molecular complexity index is 960. The molecule has 0 saturated carbocycles. The third-order valence-corrected chi connectivity index (χ3v) is 4.66. The minimum absolute atomic E-state index is 0.0737. The zero-order valence-electron chi connectivity index (χ0n) is 14.5. The van der Waals surface area contributed by atoms with Crippen molar-refractivity contribution in [3.8, 4) is 5.69 Å². The monoisotopic (exact) mass is 349 g/mol. The highest BCUT2D eigenvalue weighted by atomic mass is 16.6. The lowest BCUT2D eigenvalue weighted by Crippen LogP contribution is -2.34. The summed E-state index contributed by atoms with van der Waals surface area (Å²) in [5.74, 6) is 0. The van der Waals surface area contributed by atoms with Crippen LogP contribution in [-0.2, 0) is 10.3 Å². The standard InChI is InChI=1S/C20H19N3O3/c1-20(2)16-6-3-4-7-17(16)21-19(26-20)18-8-5-13-22(18)14-9-11-15(12-10-14)23(24)25/h3-13,19,21H,1-2H3/t19-/m1/s1. The molecule has 0 aliphatic carbocycles. The second kappa shape index (κ2) is 6.00. The summed E-state index contributed by atoms with van der Waals surface area (Å²) >= 11 is 0. The Kier molecular flexibility index (Phi) is 3.77. The Hall–Kier alpha value is -3.12. The van der Waals surface area contributed by atoms with Crippen molar-refractivity contribution in [3.63, 3.8) is 0 Å². The van der Waals surface area contributed by atoms with E-state index in [1.807, 2.05) is 41.1 Å². The van der Waals surface area contributed by atoms with E-state index in [9.17, 15) is 10.1 Å². The molecule has 0 radical (unpaired) electrons. The van der Waals surface area contributed by atoms with Gasteiger partial charge in [-0.05, 0) is 44.2 Å². The first kappa shape index (κ1) is 16.4. The average Bonchev–Trinajstić information content (AvgIpc) is 3.11. The van der Waals surface area contributed by atoms with Crippen molar-refractivity contribution in [3.05, 3.63) is 88.2 Å². The van der Waals surface area contributed by atoms with Gasteiger partial charge in [-0.3, -0.25) is 10.1 Å². The van der Waals surface area contributed by atoms with Crippen LogP contribution in [0.4, 0.5) is 11.4 Å². The van der Waals surface area contributed by atoms with E-state index in [0.717, 1.165) is 22.6 Å². The van der Waals surface area contributed by atoms with Crippen molar-refractivity contribution < 1.29 is 9.66 Å². The van der Waals surface area contributed by atoms with E-state index in [0.29, 0.717) is 0 Å². The van der Waals surface area contributed by atoms with Gasteiger partial charge in [0.15, 0.2) is 6.23 Å². The van der Waals surface area contributed by atoms with Crippen molar-refractivity contribution in [1.82, 2.24) is 4.57 Å². The summed E-state index contributed by atoms with van der Waals surface area (Å²) in [4.78, 5) is 10.5. The van der Waals surface area contributed by atoms with Gasteiger partial charge in [-0.2, -0.15) is 0 Å². The second-order valence-corrected chi connectivity index (χ2v) is 6.77. The number of aromatic nitrogens is 1. The van der Waals surface area contributed by atoms with E-state index < -0.39 is 10.5 Å². The molecule has 1 aliphatic rings. The van der Waals surface area contributed by atoms with Gasteiger partial charge in [-0.15, -0.1) is 0 Å². The van der Waals surface area contributed by atoms with Crippen molar-refractivity contribution in [2.24, 2.45) is 0 Å². The largest absolute Gasteiger partial charge is 0.355 e. The zero-order chi connectivity index (χ0) is 18.3. The molecule has 132 valence electrons. The summed E-state index contributed by atoms with van der Waals surface area (Å²) in [6.07, 6.45) is 1.60. The summed E-state index contributed by atoms with van der Waals surface area (Å²) in [6.45, 7) is 4.11. The van der Waals surface area contributed by atoms with Gasteiger partial charge in [0.05, 0.1) is 16.2 Å². The molecule has 0 spiro atoms. The molecule has 6 heteroatoms. The molecule has 26 heavy (non-hydrogen) atoms. The molecule has 0 amide bonds. The Morgan fingerprint density at radius 1 is 1.08 bits per heavy atom. The predicted octanol–water partition coefficient (Wildman–Crippen LogP) is 4.76. The number of ether oxygens (including phenoxy) is 1. The third-order valence-electron chi connectivity index (χ3n) is 4.66. The number of benzene rings is 2. The van der Waals surface area contributed by atoms with Crippen LogP contribution in [0.1, 0.15) is 31.3 Å². The first-order valence-electron chi connectivity index (χ1n) is 8.42. The highest BCUT2D eigenvalue weighted by molar-refractivity contribution is 5.56. The van der Waals surface area contributed by atoms with Crippen LogP contribution in [0.25, 0.3) is 5.69 Å². The first-order chi connectivity index (χ1) is 12.5. The summed E-state index contributed by atoms with van der Waals surface area (Å²) in [5.41, 5.74) is 3.58. The van der Waals surface area contributed by atoms with Crippen molar-refractivity contribution in [1.29, 1.82) is 0 Å². The topological polar surface area (TPSA) is 69.3 Å². The smallest absolute Gasteiger partial charge is 0.269 e. The van der Waals surface area contributed by atoms with Crippen LogP contribution in [0.2, 0.25) is 0 Å². The molecule has 2 heterocycles. The highest BCUT2D eigenvalue weighted by Gasteiger charge is 2.35. The SMILES string of the molecule is CC1(C)O[C@H](c2cccn2-c2ccc([N+](=O)[O-])cc2)Nc2ccccc21. The lowest BCUT2D eigenvalue weighted by Gasteiger charge is -2.39. The fourth-order valence-corrected chi connectivity index (χ4v) is 3.37. The number of nitrogens with zero attached hydrogens (tertiary/aromatic N) is 2. The minimum Gasteiger partial charge on any atom is -0.355 e. The minimum atomic E-state index is -0.433. The van der Waals surface area contributed by atoms with E-state index in [1.165, 1.54) is 12.1 Å². The summed E-state index contributed by atoms with van der Waals surface area (Å²) in [7, 11) is 0. The number of para-hydroxylation sites is 1. The fourth-order valence-electron chi connectivity index (χ4n) is 3.37. The van der Waals surface area contributed by atoms with E-state index in [2.05, 4.69) is 25.2 Å². The predicted molar refractivity (Wildman–Crippen MR) is 99.3 cm³/mol. The number of nitro benzene ring substituents is 1. The molecule has 0 fully saturated rings. The number of nitrogens with one attached hydrogen (secondary N) is 1. The van der Waals surface area contributed by atoms with Gasteiger partial charge in [0.2, 0.25) is 0 Å². The molecular formula is C20H19N3O3. The van der Waals surface area contributed by atoms with Gasteiger partial charge < -0.3 is 14.6 Å². The normalized spacial score (nSPS) is 18.0. The van der Waals surface area contributed by atoms with E-state index in [-0.39, 0.29) is 11.9 Å². The first-order valence-corrected chi connectivity index (χ1v) is 8.42. The molecule has 1 atom stereocenters. The molecule has 4 rings (SSSR count). The molecule has 1 N–H and O–H groups in total. The van der Waals surface area contributed by atoms with Gasteiger partial charge in [0, 0.05) is 35.3 Å². The maximum absolute atomic E-state index is 10.9. The van der Waals surface area contributed by atoms with Gasteiger partial charge in [-0.1, -0.05) is 18.2 Å². The molecule has 1 aliphatic heterocycles. The van der Waals surface area contributed by atoms with Crippen LogP contribution in [0.3, 0.4) is 0 Å². The van der Waals surface area contributed by atoms with Crippen LogP contribution in [0.5, 0.6) is 0 Å². The number of fused-ring (bicyclic) bond motifs is 1. The number of anilines is 1. The maximum atomic E-state index is 10.9. The Morgan fingerprint density at radius 3 is 2.54 bits per heavy atom. The average molecular weight is 349 g/mol. The zero-order valence-corrected chi connectivity index (χ0v) is 14.5. The number of hydrogen-bond donors (Lipinski definition) is 1. The van der Waals surface area contributed by atoms with Crippen LogP contribution in [0, 0.1) is 10.1 Å².